The third-order valence-corrected chi connectivity index (χ3v) is 3.62. The fourth-order valence-electron chi connectivity index (χ4n) is 1.79. The van der Waals surface area contributed by atoms with Gasteiger partial charge in [-0.15, -0.1) is 0 Å². The molecule has 1 heterocycles. The number of nitrogens with two attached hydrogens (primary N) is 1. The number of sulfone groups is 1. The molecule has 0 aliphatic carbocycles. The number of furan rings is 1. The minimum Gasteiger partial charge on any atom is -0.455 e. The Hall–Kier alpha value is -1.34. The number of hydrogen-bond acceptors (Lipinski definition) is 5. The monoisotopic (exact) mass is 302 g/mol. The van der Waals surface area contributed by atoms with Crippen molar-refractivity contribution in [1.82, 2.24) is 5.32 Å². The molecule has 0 aromatic carbocycles. The number of carbonyl (C=O) groups excluding carboxylic acids is 1. The molecule has 3 N–H and O–H groups in total. The molecule has 1 rings (SSSR count). The van der Waals surface area contributed by atoms with Gasteiger partial charge in [0.1, 0.15) is 11.5 Å². The van der Waals surface area contributed by atoms with Crippen LogP contribution in [0.2, 0.25) is 0 Å². The summed E-state index contributed by atoms with van der Waals surface area (Å²) in [6.45, 7) is 2.43. The Kier molecular flexibility index (Phi) is 6.22. The van der Waals surface area contributed by atoms with Gasteiger partial charge in [-0.05, 0) is 18.6 Å². The highest BCUT2D eigenvalue weighted by Gasteiger charge is 2.16. The number of nitrogens with one attached hydrogen (secondary N) is 1. The zero-order valence-corrected chi connectivity index (χ0v) is 12.7. The molecule has 0 saturated carbocycles. The first-order chi connectivity index (χ1) is 9.35. The van der Waals surface area contributed by atoms with E-state index in [0.717, 1.165) is 25.5 Å². The van der Waals surface area contributed by atoms with Crippen LogP contribution >= 0.6 is 0 Å². The summed E-state index contributed by atoms with van der Waals surface area (Å²) in [4.78, 5) is 11.9. The van der Waals surface area contributed by atoms with Crippen LogP contribution in [0.15, 0.2) is 16.5 Å². The van der Waals surface area contributed by atoms with Crippen LogP contribution < -0.4 is 11.1 Å². The Labute approximate surface area is 119 Å². The molecule has 0 radical (unpaired) electrons. The molecule has 1 amide bonds. The van der Waals surface area contributed by atoms with Crippen molar-refractivity contribution in [2.45, 2.75) is 38.0 Å². The smallest absolute Gasteiger partial charge is 0.287 e. The van der Waals surface area contributed by atoms with Crippen molar-refractivity contribution in [2.24, 2.45) is 5.73 Å². The maximum absolute atomic E-state index is 11.9. The maximum atomic E-state index is 11.9. The summed E-state index contributed by atoms with van der Waals surface area (Å²) in [6.07, 6.45) is 3.95. The van der Waals surface area contributed by atoms with Crippen molar-refractivity contribution in [3.63, 3.8) is 0 Å². The normalized spacial score (nSPS) is 13.2. The van der Waals surface area contributed by atoms with E-state index >= 15 is 0 Å². The second-order valence-corrected chi connectivity index (χ2v) is 7.02. The van der Waals surface area contributed by atoms with Gasteiger partial charge in [-0.2, -0.15) is 0 Å². The van der Waals surface area contributed by atoms with E-state index in [0.29, 0.717) is 6.54 Å². The first-order valence-electron chi connectivity index (χ1n) is 6.63. The van der Waals surface area contributed by atoms with Crippen LogP contribution in [0.25, 0.3) is 0 Å². The molecule has 0 aliphatic heterocycles. The van der Waals surface area contributed by atoms with Crippen molar-refractivity contribution < 1.29 is 17.6 Å². The van der Waals surface area contributed by atoms with Crippen molar-refractivity contribution >= 4 is 15.7 Å². The number of rotatable bonds is 8. The number of hydrogen-bond donors (Lipinski definition) is 2. The third kappa shape index (κ3) is 5.75. The van der Waals surface area contributed by atoms with Crippen LogP contribution in [0.1, 0.15) is 42.5 Å². The zero-order chi connectivity index (χ0) is 15.2. The zero-order valence-electron chi connectivity index (χ0n) is 11.9. The van der Waals surface area contributed by atoms with E-state index in [2.05, 4.69) is 12.2 Å². The Balaban J connectivity index is 2.63. The standard InChI is InChI=1S/C13H22N2O4S/c1-3-4-5-10(8-14)15-13(16)12-7-6-11(19-12)9-20(2,17)18/h6-7,10H,3-5,8-9,14H2,1-2H3,(H,15,16). The van der Waals surface area contributed by atoms with Gasteiger partial charge >= 0.3 is 0 Å². The quantitative estimate of drug-likeness (QED) is 0.748. The molecule has 1 unspecified atom stereocenters. The van der Waals surface area contributed by atoms with E-state index < -0.39 is 9.84 Å². The molecule has 20 heavy (non-hydrogen) atoms. The topological polar surface area (TPSA) is 102 Å². The predicted molar refractivity (Wildman–Crippen MR) is 77.1 cm³/mol. The number of amides is 1. The largest absolute Gasteiger partial charge is 0.455 e. The van der Waals surface area contributed by atoms with Gasteiger partial charge in [0.15, 0.2) is 15.6 Å². The van der Waals surface area contributed by atoms with Crippen molar-refractivity contribution in [3.05, 3.63) is 23.7 Å². The van der Waals surface area contributed by atoms with Gasteiger partial charge in [0.05, 0.1) is 0 Å². The summed E-state index contributed by atoms with van der Waals surface area (Å²) < 4.78 is 27.5. The SMILES string of the molecule is CCCCC(CN)NC(=O)c1ccc(CS(C)(=O)=O)o1. The van der Waals surface area contributed by atoms with E-state index in [1.54, 1.807) is 0 Å². The molecule has 0 aliphatic rings. The summed E-state index contributed by atoms with van der Waals surface area (Å²) in [5.74, 6) is -0.207. The number of carbonyl (C=O) groups is 1. The van der Waals surface area contributed by atoms with Crippen LogP contribution in [0.3, 0.4) is 0 Å². The molecular weight excluding hydrogens is 280 g/mol. The van der Waals surface area contributed by atoms with Gasteiger partial charge in [-0.1, -0.05) is 19.8 Å². The summed E-state index contributed by atoms with van der Waals surface area (Å²) in [7, 11) is -3.17. The van der Waals surface area contributed by atoms with Gasteiger partial charge in [0.2, 0.25) is 0 Å². The van der Waals surface area contributed by atoms with E-state index in [1.807, 2.05) is 0 Å². The van der Waals surface area contributed by atoms with E-state index in [4.69, 9.17) is 10.2 Å². The molecule has 1 aromatic heterocycles. The highest BCUT2D eigenvalue weighted by molar-refractivity contribution is 7.89. The van der Waals surface area contributed by atoms with Crippen molar-refractivity contribution in [2.75, 3.05) is 12.8 Å². The Morgan fingerprint density at radius 3 is 2.70 bits per heavy atom. The van der Waals surface area contributed by atoms with Gasteiger partial charge in [0, 0.05) is 18.8 Å². The second kappa shape index (κ2) is 7.44. The van der Waals surface area contributed by atoms with Gasteiger partial charge in [0.25, 0.3) is 5.91 Å². The molecule has 0 fully saturated rings. The minimum absolute atomic E-state index is 0.0918. The van der Waals surface area contributed by atoms with Gasteiger partial charge in [-0.25, -0.2) is 8.42 Å². The lowest BCUT2D eigenvalue weighted by molar-refractivity contribution is 0.0906. The maximum Gasteiger partial charge on any atom is 0.287 e. The molecule has 0 saturated heterocycles. The minimum atomic E-state index is -3.17. The average molecular weight is 302 g/mol. The molecule has 0 spiro atoms. The highest BCUT2D eigenvalue weighted by Crippen LogP contribution is 2.11. The van der Waals surface area contributed by atoms with Gasteiger partial charge < -0.3 is 15.5 Å². The fourth-order valence-corrected chi connectivity index (χ4v) is 2.46. The van der Waals surface area contributed by atoms with E-state index in [9.17, 15) is 13.2 Å². The van der Waals surface area contributed by atoms with Crippen LogP contribution in [0.5, 0.6) is 0 Å². The van der Waals surface area contributed by atoms with E-state index in [1.165, 1.54) is 12.1 Å². The van der Waals surface area contributed by atoms with Crippen molar-refractivity contribution in [3.8, 4) is 0 Å². The lowest BCUT2D eigenvalue weighted by Crippen LogP contribution is -2.40. The van der Waals surface area contributed by atoms with Gasteiger partial charge in [-0.3, -0.25) is 4.79 Å². The molecule has 7 heteroatoms. The lowest BCUT2D eigenvalue weighted by atomic mass is 10.1. The molecule has 6 nitrogen and oxygen atoms in total. The molecular formula is C13H22N2O4S. The molecule has 0 bridgehead atoms. The summed E-state index contributed by atoms with van der Waals surface area (Å²) in [5.41, 5.74) is 5.60. The fraction of sp³-hybridized carbons (Fsp3) is 0.615. The number of unbranched alkanes of at least 4 members (excludes halogenated alkanes) is 1. The van der Waals surface area contributed by atoms with E-state index in [-0.39, 0.29) is 29.2 Å². The summed E-state index contributed by atoms with van der Waals surface area (Å²) in [6, 6.07) is 2.88. The lowest BCUT2D eigenvalue weighted by Gasteiger charge is -2.15. The summed E-state index contributed by atoms with van der Waals surface area (Å²) >= 11 is 0. The second-order valence-electron chi connectivity index (χ2n) is 4.88. The molecule has 114 valence electrons. The highest BCUT2D eigenvalue weighted by atomic mass is 32.2. The third-order valence-electron chi connectivity index (χ3n) is 2.82. The average Bonchev–Trinajstić information content (AvgIpc) is 2.80. The summed E-state index contributed by atoms with van der Waals surface area (Å²) in [5, 5.41) is 2.79. The van der Waals surface area contributed by atoms with Crippen LogP contribution in [0.4, 0.5) is 0 Å². The van der Waals surface area contributed by atoms with Crippen LogP contribution in [0, 0.1) is 0 Å². The van der Waals surface area contributed by atoms with Crippen molar-refractivity contribution in [1.29, 1.82) is 0 Å². The first-order valence-corrected chi connectivity index (χ1v) is 8.69. The molecule has 1 aromatic rings. The predicted octanol–water partition coefficient (Wildman–Crippen LogP) is 1.07. The first kappa shape index (κ1) is 16.7. The van der Waals surface area contributed by atoms with Crippen LogP contribution in [-0.4, -0.2) is 33.2 Å². The Bertz CT molecular complexity index is 536. The Morgan fingerprint density at radius 1 is 1.45 bits per heavy atom. The molecule has 1 atom stereocenters. The van der Waals surface area contributed by atoms with Crippen LogP contribution in [-0.2, 0) is 15.6 Å². The Morgan fingerprint density at radius 2 is 2.15 bits per heavy atom.